The molecule has 0 aliphatic rings. The number of nitrogens with zero attached hydrogens (tertiary/aromatic N) is 2. The molecule has 1 N–H and O–H groups in total. The van der Waals surface area contributed by atoms with Gasteiger partial charge in [0.1, 0.15) is 11.4 Å². The number of nitrogens with one attached hydrogen (secondary N) is 1. The predicted octanol–water partition coefficient (Wildman–Crippen LogP) is 5.03. The molecular formula is C22H18ClN3O2S. The Balaban J connectivity index is 1.66. The van der Waals surface area contributed by atoms with Gasteiger partial charge in [0.25, 0.3) is 5.56 Å². The van der Waals surface area contributed by atoms with Crippen molar-refractivity contribution < 1.29 is 4.79 Å². The number of amides is 1. The van der Waals surface area contributed by atoms with E-state index < -0.39 is 0 Å². The normalized spacial score (nSPS) is 11.0. The topological polar surface area (TPSA) is 64.0 Å². The molecule has 0 atom stereocenters. The minimum Gasteiger partial charge on any atom is -0.323 e. The van der Waals surface area contributed by atoms with Crippen molar-refractivity contribution >= 4 is 44.7 Å². The Kier molecular flexibility index (Phi) is 5.22. The van der Waals surface area contributed by atoms with Gasteiger partial charge in [0, 0.05) is 10.9 Å². The van der Waals surface area contributed by atoms with Crippen molar-refractivity contribution in [3.8, 4) is 11.1 Å². The average molecular weight is 424 g/mol. The highest BCUT2D eigenvalue weighted by Crippen LogP contribution is 2.30. The van der Waals surface area contributed by atoms with Gasteiger partial charge in [-0.25, -0.2) is 4.98 Å². The molecule has 4 aromatic rings. The van der Waals surface area contributed by atoms with Gasteiger partial charge in [-0.05, 0) is 36.6 Å². The first-order chi connectivity index (χ1) is 13.9. The van der Waals surface area contributed by atoms with Crippen LogP contribution in [0.4, 0.5) is 5.69 Å². The van der Waals surface area contributed by atoms with Gasteiger partial charge in [-0.2, -0.15) is 0 Å². The highest BCUT2D eigenvalue weighted by Gasteiger charge is 2.15. The van der Waals surface area contributed by atoms with Crippen LogP contribution in [0.5, 0.6) is 0 Å². The van der Waals surface area contributed by atoms with Crippen LogP contribution in [-0.4, -0.2) is 15.5 Å². The van der Waals surface area contributed by atoms with Gasteiger partial charge in [0.15, 0.2) is 0 Å². The summed E-state index contributed by atoms with van der Waals surface area (Å²) in [6, 6.07) is 13.4. The maximum Gasteiger partial charge on any atom is 0.263 e. The molecule has 2 aromatic heterocycles. The van der Waals surface area contributed by atoms with Crippen LogP contribution in [0.3, 0.4) is 0 Å². The zero-order chi connectivity index (χ0) is 20.5. The Bertz CT molecular complexity index is 1260. The molecule has 0 bridgehead atoms. The van der Waals surface area contributed by atoms with Crippen molar-refractivity contribution in [2.24, 2.45) is 0 Å². The summed E-state index contributed by atoms with van der Waals surface area (Å²) in [5.74, 6) is -0.335. The minimum atomic E-state index is -0.335. The van der Waals surface area contributed by atoms with E-state index >= 15 is 0 Å². The van der Waals surface area contributed by atoms with Crippen LogP contribution in [0.25, 0.3) is 21.3 Å². The van der Waals surface area contributed by atoms with Crippen LogP contribution in [0.2, 0.25) is 5.02 Å². The second kappa shape index (κ2) is 7.81. The van der Waals surface area contributed by atoms with Crippen LogP contribution in [0.15, 0.2) is 59.0 Å². The lowest BCUT2D eigenvalue weighted by molar-refractivity contribution is -0.116. The molecule has 146 valence electrons. The molecule has 0 radical (unpaired) electrons. The van der Waals surface area contributed by atoms with Crippen molar-refractivity contribution in [2.45, 2.75) is 20.4 Å². The maximum absolute atomic E-state index is 13.1. The van der Waals surface area contributed by atoms with Gasteiger partial charge in [0.05, 0.1) is 22.4 Å². The quantitative estimate of drug-likeness (QED) is 0.500. The molecule has 0 saturated heterocycles. The molecule has 1 amide bonds. The lowest BCUT2D eigenvalue weighted by Gasteiger charge is -2.12. The van der Waals surface area contributed by atoms with E-state index in [0.717, 1.165) is 22.3 Å². The molecule has 0 aliphatic carbocycles. The third-order valence-electron chi connectivity index (χ3n) is 4.66. The molecule has 5 nitrogen and oxygen atoms in total. The van der Waals surface area contributed by atoms with Crippen LogP contribution in [0.1, 0.15) is 11.1 Å². The minimum absolute atomic E-state index is 0.143. The van der Waals surface area contributed by atoms with Gasteiger partial charge in [-0.15, -0.1) is 11.3 Å². The van der Waals surface area contributed by atoms with Gasteiger partial charge in [-0.1, -0.05) is 48.0 Å². The number of hydrogen-bond acceptors (Lipinski definition) is 4. The van der Waals surface area contributed by atoms with Crippen LogP contribution in [-0.2, 0) is 11.3 Å². The molecule has 0 spiro atoms. The Morgan fingerprint density at radius 1 is 1.21 bits per heavy atom. The molecule has 0 fully saturated rings. The van der Waals surface area contributed by atoms with E-state index in [-0.39, 0.29) is 18.0 Å². The molecule has 2 heterocycles. The first kappa shape index (κ1) is 19.4. The number of carbonyl (C=O) groups is 1. The predicted molar refractivity (Wildman–Crippen MR) is 119 cm³/mol. The van der Waals surface area contributed by atoms with E-state index in [9.17, 15) is 9.59 Å². The second-order valence-corrected chi connectivity index (χ2v) is 8.13. The van der Waals surface area contributed by atoms with Gasteiger partial charge in [0.2, 0.25) is 5.91 Å². The number of carbonyl (C=O) groups excluding carboxylic acids is 1. The summed E-state index contributed by atoms with van der Waals surface area (Å²) in [7, 11) is 0. The van der Waals surface area contributed by atoms with Crippen LogP contribution >= 0.6 is 22.9 Å². The first-order valence-electron chi connectivity index (χ1n) is 9.02. The summed E-state index contributed by atoms with van der Waals surface area (Å²) in [6.07, 6.45) is 1.42. The zero-order valence-electron chi connectivity index (χ0n) is 15.9. The highest BCUT2D eigenvalue weighted by atomic mass is 35.5. The van der Waals surface area contributed by atoms with Crippen LogP contribution in [0, 0.1) is 13.8 Å². The second-order valence-electron chi connectivity index (χ2n) is 6.86. The van der Waals surface area contributed by atoms with E-state index in [1.54, 1.807) is 6.07 Å². The molecule has 0 unspecified atom stereocenters. The summed E-state index contributed by atoms with van der Waals surface area (Å²) >= 11 is 7.69. The molecule has 0 saturated carbocycles. The smallest absolute Gasteiger partial charge is 0.263 e. The molecule has 7 heteroatoms. The fourth-order valence-electron chi connectivity index (χ4n) is 3.32. The van der Waals surface area contributed by atoms with Crippen molar-refractivity contribution in [2.75, 3.05) is 5.32 Å². The number of fused-ring (bicyclic) bond motifs is 1. The summed E-state index contributed by atoms with van der Waals surface area (Å²) in [6.45, 7) is 3.68. The van der Waals surface area contributed by atoms with Crippen molar-refractivity contribution in [1.82, 2.24) is 9.55 Å². The largest absolute Gasteiger partial charge is 0.323 e. The molecule has 29 heavy (non-hydrogen) atoms. The Morgan fingerprint density at radius 3 is 2.69 bits per heavy atom. The lowest BCUT2D eigenvalue weighted by atomic mass is 10.1. The number of rotatable bonds is 4. The SMILES string of the molecule is Cc1cc(C)c(NC(=O)Cn2cnc3scc(-c4ccccc4)c3c2=O)c(Cl)c1. The molecular weight excluding hydrogens is 406 g/mol. The Morgan fingerprint density at radius 2 is 1.97 bits per heavy atom. The van der Waals surface area contributed by atoms with E-state index in [1.807, 2.05) is 55.6 Å². The highest BCUT2D eigenvalue weighted by molar-refractivity contribution is 7.17. The molecule has 4 rings (SSSR count). The van der Waals surface area contributed by atoms with Crippen molar-refractivity contribution in [3.63, 3.8) is 0 Å². The van der Waals surface area contributed by atoms with E-state index in [1.165, 1.54) is 22.2 Å². The van der Waals surface area contributed by atoms with E-state index in [2.05, 4.69) is 10.3 Å². The van der Waals surface area contributed by atoms with Gasteiger partial charge in [-0.3, -0.25) is 14.2 Å². The molecule has 0 aliphatic heterocycles. The Labute approximate surface area is 176 Å². The number of hydrogen-bond donors (Lipinski definition) is 1. The van der Waals surface area contributed by atoms with Gasteiger partial charge >= 0.3 is 0 Å². The standard InChI is InChI=1S/C22H18ClN3O2S/c1-13-8-14(2)20(17(23)9-13)25-18(27)10-26-12-24-21-19(22(26)28)16(11-29-21)15-6-4-3-5-7-15/h3-9,11-12H,10H2,1-2H3,(H,25,27). The maximum atomic E-state index is 13.1. The fraction of sp³-hybridized carbons (Fsp3) is 0.136. The average Bonchev–Trinajstić information content (AvgIpc) is 3.12. The lowest BCUT2D eigenvalue weighted by Crippen LogP contribution is -2.28. The number of anilines is 1. The fourth-order valence-corrected chi connectivity index (χ4v) is 4.59. The van der Waals surface area contributed by atoms with Crippen molar-refractivity contribution in [1.29, 1.82) is 0 Å². The number of aryl methyl sites for hydroxylation is 2. The summed E-state index contributed by atoms with van der Waals surface area (Å²) in [4.78, 5) is 30.7. The first-order valence-corrected chi connectivity index (χ1v) is 10.3. The third-order valence-corrected chi connectivity index (χ3v) is 5.84. The number of benzene rings is 2. The summed E-state index contributed by atoms with van der Waals surface area (Å²) in [5.41, 5.74) is 3.98. The summed E-state index contributed by atoms with van der Waals surface area (Å²) in [5, 5.41) is 5.74. The van der Waals surface area contributed by atoms with Gasteiger partial charge < -0.3 is 5.32 Å². The number of aromatic nitrogens is 2. The monoisotopic (exact) mass is 423 g/mol. The zero-order valence-corrected chi connectivity index (χ0v) is 17.5. The van der Waals surface area contributed by atoms with E-state index in [4.69, 9.17) is 11.6 Å². The third kappa shape index (κ3) is 3.81. The summed E-state index contributed by atoms with van der Waals surface area (Å²) < 4.78 is 1.33. The van der Waals surface area contributed by atoms with E-state index in [0.29, 0.717) is 20.9 Å². The van der Waals surface area contributed by atoms with Crippen molar-refractivity contribution in [3.05, 3.63) is 80.7 Å². The Hall–Kier alpha value is -2.96. The number of thiophene rings is 1. The van der Waals surface area contributed by atoms with Crippen LogP contribution < -0.4 is 10.9 Å². The molecule has 2 aromatic carbocycles. The number of halogens is 1.